The van der Waals surface area contributed by atoms with E-state index < -0.39 is 15.1 Å². The summed E-state index contributed by atoms with van der Waals surface area (Å²) in [6, 6.07) is 7.99. The van der Waals surface area contributed by atoms with Crippen molar-refractivity contribution in [2.75, 3.05) is 18.8 Å². The molecule has 0 aliphatic carbocycles. The van der Waals surface area contributed by atoms with Crippen molar-refractivity contribution >= 4 is 26.6 Å². The summed E-state index contributed by atoms with van der Waals surface area (Å²) in [5, 5.41) is 0.689. The van der Waals surface area contributed by atoms with E-state index in [1.807, 2.05) is 55.9 Å². The Labute approximate surface area is 143 Å². The van der Waals surface area contributed by atoms with Crippen molar-refractivity contribution in [3.8, 4) is 0 Å². The zero-order chi connectivity index (χ0) is 17.5. The number of nitrogens with zero attached hydrogens (tertiary/aromatic N) is 2. The lowest BCUT2D eigenvalue weighted by Crippen LogP contribution is -2.58. The van der Waals surface area contributed by atoms with Crippen LogP contribution in [-0.4, -0.2) is 47.9 Å². The number of carbonyl (C=O) groups is 1. The van der Waals surface area contributed by atoms with Gasteiger partial charge in [-0.2, -0.15) is 0 Å². The van der Waals surface area contributed by atoms with Crippen LogP contribution in [0.3, 0.4) is 0 Å². The van der Waals surface area contributed by atoms with Gasteiger partial charge in [0.1, 0.15) is 0 Å². The van der Waals surface area contributed by atoms with E-state index in [0.717, 1.165) is 16.5 Å². The molecule has 2 heterocycles. The molecule has 130 valence electrons. The summed E-state index contributed by atoms with van der Waals surface area (Å²) in [5.41, 5.74) is 2.09. The maximum atomic E-state index is 12.5. The number of hydrogen-bond donors (Lipinski definition) is 0. The predicted molar refractivity (Wildman–Crippen MR) is 95.6 cm³/mol. The fraction of sp³-hybridized carbons (Fsp3) is 0.500. The molecule has 3 rings (SSSR count). The Kier molecular flexibility index (Phi) is 4.42. The number of para-hydroxylation sites is 1. The van der Waals surface area contributed by atoms with Gasteiger partial charge in [0.05, 0.1) is 17.4 Å². The van der Waals surface area contributed by atoms with Crippen molar-refractivity contribution in [3.63, 3.8) is 0 Å². The highest BCUT2D eigenvalue weighted by Crippen LogP contribution is 2.24. The molecule has 2 aromatic rings. The van der Waals surface area contributed by atoms with E-state index in [-0.39, 0.29) is 17.6 Å². The van der Waals surface area contributed by atoms with E-state index in [1.54, 1.807) is 4.90 Å². The van der Waals surface area contributed by atoms with Crippen molar-refractivity contribution in [1.82, 2.24) is 9.47 Å². The Morgan fingerprint density at radius 3 is 2.58 bits per heavy atom. The zero-order valence-electron chi connectivity index (χ0n) is 14.4. The van der Waals surface area contributed by atoms with E-state index in [4.69, 9.17) is 0 Å². The van der Waals surface area contributed by atoms with Crippen LogP contribution in [0.2, 0.25) is 0 Å². The van der Waals surface area contributed by atoms with Gasteiger partial charge in [-0.05, 0) is 17.5 Å². The molecule has 5 nitrogen and oxygen atoms in total. The average Bonchev–Trinajstić information content (AvgIpc) is 2.72. The SMILES string of the molecule is CC(C)CS(=O)(=O)C1CN(C(=O)Cc2cn(C)c3ccccc23)C1. The lowest BCUT2D eigenvalue weighted by Gasteiger charge is -2.39. The number of sulfone groups is 1. The van der Waals surface area contributed by atoms with E-state index in [0.29, 0.717) is 19.5 Å². The lowest BCUT2D eigenvalue weighted by molar-refractivity contribution is -0.133. The van der Waals surface area contributed by atoms with E-state index in [1.165, 1.54) is 0 Å². The third kappa shape index (κ3) is 3.20. The van der Waals surface area contributed by atoms with Crippen molar-refractivity contribution in [2.45, 2.75) is 25.5 Å². The second kappa shape index (κ2) is 6.24. The van der Waals surface area contributed by atoms with Gasteiger partial charge in [-0.15, -0.1) is 0 Å². The maximum absolute atomic E-state index is 12.5. The Morgan fingerprint density at radius 1 is 1.25 bits per heavy atom. The first kappa shape index (κ1) is 17.0. The minimum atomic E-state index is -3.09. The molecule has 0 saturated carbocycles. The average molecular weight is 348 g/mol. The van der Waals surface area contributed by atoms with Crippen molar-refractivity contribution < 1.29 is 13.2 Å². The minimum absolute atomic E-state index is 0.00218. The smallest absolute Gasteiger partial charge is 0.227 e. The largest absolute Gasteiger partial charge is 0.350 e. The van der Waals surface area contributed by atoms with Crippen LogP contribution < -0.4 is 0 Å². The normalized spacial score (nSPS) is 15.9. The zero-order valence-corrected chi connectivity index (χ0v) is 15.2. The molecular formula is C18H24N2O3S. The summed E-state index contributed by atoms with van der Waals surface area (Å²) in [6.07, 6.45) is 2.30. The number of amides is 1. The molecule has 0 spiro atoms. The molecule has 6 heteroatoms. The molecule has 1 saturated heterocycles. The first-order chi connectivity index (χ1) is 11.3. The van der Waals surface area contributed by atoms with Gasteiger partial charge in [-0.25, -0.2) is 8.42 Å². The molecule has 0 unspecified atom stereocenters. The maximum Gasteiger partial charge on any atom is 0.227 e. The molecule has 1 aliphatic heterocycles. The Balaban J connectivity index is 1.65. The number of rotatable bonds is 5. The van der Waals surface area contributed by atoms with Crippen molar-refractivity contribution in [2.24, 2.45) is 13.0 Å². The van der Waals surface area contributed by atoms with Crippen LogP contribution in [0.15, 0.2) is 30.5 Å². The number of benzene rings is 1. The van der Waals surface area contributed by atoms with Gasteiger partial charge in [-0.1, -0.05) is 32.0 Å². The summed E-state index contributed by atoms with van der Waals surface area (Å²) in [4.78, 5) is 14.1. The van der Waals surface area contributed by atoms with E-state index >= 15 is 0 Å². The number of likely N-dealkylation sites (tertiary alicyclic amines) is 1. The summed E-state index contributed by atoms with van der Waals surface area (Å²) < 4.78 is 26.4. The minimum Gasteiger partial charge on any atom is -0.350 e. The van der Waals surface area contributed by atoms with Crippen molar-refractivity contribution in [3.05, 3.63) is 36.0 Å². The molecule has 1 aromatic heterocycles. The van der Waals surface area contributed by atoms with Crippen LogP contribution >= 0.6 is 0 Å². The molecule has 24 heavy (non-hydrogen) atoms. The van der Waals surface area contributed by atoms with Gasteiger partial charge in [0, 0.05) is 37.2 Å². The van der Waals surface area contributed by atoms with Gasteiger partial charge >= 0.3 is 0 Å². The molecule has 1 fully saturated rings. The fourth-order valence-electron chi connectivity index (χ4n) is 3.31. The third-order valence-electron chi connectivity index (χ3n) is 4.60. The molecule has 0 atom stereocenters. The Morgan fingerprint density at radius 2 is 1.92 bits per heavy atom. The Bertz CT molecular complexity index is 862. The van der Waals surface area contributed by atoms with Gasteiger partial charge in [0.2, 0.25) is 5.91 Å². The quantitative estimate of drug-likeness (QED) is 0.830. The van der Waals surface area contributed by atoms with Gasteiger partial charge in [0.15, 0.2) is 9.84 Å². The van der Waals surface area contributed by atoms with Crippen LogP contribution in [0, 0.1) is 5.92 Å². The van der Waals surface area contributed by atoms with Crippen LogP contribution in [-0.2, 0) is 28.1 Å². The highest BCUT2D eigenvalue weighted by Gasteiger charge is 2.39. The highest BCUT2D eigenvalue weighted by molar-refractivity contribution is 7.92. The molecule has 1 aromatic carbocycles. The number of aryl methyl sites for hydroxylation is 1. The van der Waals surface area contributed by atoms with Crippen molar-refractivity contribution in [1.29, 1.82) is 0 Å². The summed E-state index contributed by atoms with van der Waals surface area (Å²) in [5.74, 6) is 0.320. The number of carbonyl (C=O) groups excluding carboxylic acids is 1. The van der Waals surface area contributed by atoms with E-state index in [9.17, 15) is 13.2 Å². The number of fused-ring (bicyclic) bond motifs is 1. The highest BCUT2D eigenvalue weighted by atomic mass is 32.2. The monoisotopic (exact) mass is 348 g/mol. The standard InChI is InChI=1S/C18H24N2O3S/c1-13(2)12-24(22,23)15-10-20(11-15)18(21)8-14-9-19(3)17-7-5-4-6-16(14)17/h4-7,9,13,15H,8,10-12H2,1-3H3. The summed E-state index contributed by atoms with van der Waals surface area (Å²) in [6.45, 7) is 4.47. The first-order valence-corrected chi connectivity index (χ1v) is 10.0. The molecular weight excluding hydrogens is 324 g/mol. The van der Waals surface area contributed by atoms with Crippen LogP contribution in [0.4, 0.5) is 0 Å². The van der Waals surface area contributed by atoms with Gasteiger partial charge in [0.25, 0.3) is 0 Å². The first-order valence-electron chi connectivity index (χ1n) is 8.30. The van der Waals surface area contributed by atoms with Gasteiger partial charge in [-0.3, -0.25) is 4.79 Å². The summed E-state index contributed by atoms with van der Waals surface area (Å²) in [7, 11) is -1.12. The predicted octanol–water partition coefficient (Wildman–Crippen LogP) is 2.00. The van der Waals surface area contributed by atoms with Crippen LogP contribution in [0.5, 0.6) is 0 Å². The van der Waals surface area contributed by atoms with Crippen LogP contribution in [0.25, 0.3) is 10.9 Å². The molecule has 1 aliphatic rings. The number of hydrogen-bond acceptors (Lipinski definition) is 3. The van der Waals surface area contributed by atoms with Gasteiger partial charge < -0.3 is 9.47 Å². The van der Waals surface area contributed by atoms with E-state index in [2.05, 4.69) is 0 Å². The summed E-state index contributed by atoms with van der Waals surface area (Å²) >= 11 is 0. The molecule has 0 N–H and O–H groups in total. The second-order valence-electron chi connectivity index (χ2n) is 7.10. The lowest BCUT2D eigenvalue weighted by atomic mass is 10.1. The third-order valence-corrected chi connectivity index (χ3v) is 7.04. The number of aromatic nitrogens is 1. The Hall–Kier alpha value is -1.82. The fourth-order valence-corrected chi connectivity index (χ4v) is 5.33. The van der Waals surface area contributed by atoms with Crippen LogP contribution in [0.1, 0.15) is 19.4 Å². The second-order valence-corrected chi connectivity index (χ2v) is 9.43. The topological polar surface area (TPSA) is 59.4 Å². The molecule has 0 radical (unpaired) electrons. The molecule has 1 amide bonds. The molecule has 0 bridgehead atoms.